The molecule has 214 valence electrons. The molecular weight excluding hydrogens is 434 g/mol. The van der Waals surface area contributed by atoms with E-state index < -0.39 is 5.97 Å². The number of ether oxygens (including phenoxy) is 2. The molecule has 34 heavy (non-hydrogen) atoms. The number of aliphatic hydroxyl groups excluding tert-OH is 1. The quantitative estimate of drug-likeness (QED) is 0.197. The Morgan fingerprint density at radius 2 is 1.26 bits per heavy atom. The zero-order valence-corrected chi connectivity index (χ0v) is 19.0. The lowest BCUT2D eigenvalue weighted by Gasteiger charge is -2.10. The van der Waals surface area contributed by atoms with Crippen molar-refractivity contribution in [2.45, 2.75) is 131 Å². The summed E-state index contributed by atoms with van der Waals surface area (Å²) < 4.78 is 9.57. The molecule has 3 atom stereocenters. The maximum Gasteiger partial charge on any atom is 0.333 e. The van der Waals surface area contributed by atoms with Gasteiger partial charge in [-0.15, -0.1) is 0 Å². The van der Waals surface area contributed by atoms with Crippen LogP contribution in [0.3, 0.4) is 0 Å². The average molecular weight is 500 g/mol. The van der Waals surface area contributed by atoms with Crippen molar-refractivity contribution in [1.29, 1.82) is 0 Å². The van der Waals surface area contributed by atoms with Crippen molar-refractivity contribution >= 4 is 17.8 Å². The molecule has 0 saturated carbocycles. The Labute approximate surface area is 215 Å². The van der Waals surface area contributed by atoms with E-state index in [1.54, 1.807) is 13.8 Å². The van der Waals surface area contributed by atoms with Crippen molar-refractivity contribution in [2.24, 2.45) is 5.92 Å². The van der Waals surface area contributed by atoms with Crippen LogP contribution in [-0.2, 0) is 23.9 Å². The monoisotopic (exact) mass is 499 g/mol. The molecule has 7 nitrogen and oxygen atoms in total. The third-order valence-electron chi connectivity index (χ3n) is 3.58. The van der Waals surface area contributed by atoms with Crippen LogP contribution < -0.4 is 5.32 Å². The van der Waals surface area contributed by atoms with Gasteiger partial charge in [0.15, 0.2) is 0 Å². The first kappa shape index (κ1) is 58.2. The molecule has 1 amide bonds. The van der Waals surface area contributed by atoms with Crippen LogP contribution in [0.2, 0.25) is 0 Å². The van der Waals surface area contributed by atoms with Crippen LogP contribution in [-0.4, -0.2) is 48.3 Å². The van der Waals surface area contributed by atoms with Gasteiger partial charge in [0, 0.05) is 18.4 Å². The first-order chi connectivity index (χ1) is 12.9. The van der Waals surface area contributed by atoms with E-state index in [1.807, 2.05) is 34.6 Å². The minimum atomic E-state index is -0.423. The van der Waals surface area contributed by atoms with Gasteiger partial charge in [0.2, 0.25) is 5.91 Å². The van der Waals surface area contributed by atoms with Gasteiger partial charge in [-0.2, -0.15) is 0 Å². The van der Waals surface area contributed by atoms with E-state index >= 15 is 0 Å². The van der Waals surface area contributed by atoms with Crippen LogP contribution in [0, 0.1) is 5.92 Å². The predicted octanol–water partition coefficient (Wildman–Crippen LogP) is 7.21. The lowest BCUT2D eigenvalue weighted by Crippen LogP contribution is -2.32. The first-order valence-corrected chi connectivity index (χ1v) is 9.88. The van der Waals surface area contributed by atoms with Gasteiger partial charge in [0.05, 0.1) is 18.8 Å². The lowest BCUT2D eigenvalue weighted by molar-refractivity contribution is -0.145. The number of amides is 1. The van der Waals surface area contributed by atoms with Crippen molar-refractivity contribution in [3.8, 4) is 0 Å². The highest BCUT2D eigenvalue weighted by Gasteiger charge is 2.09. The largest absolute Gasteiger partial charge is 0.463 e. The molecule has 0 rings (SSSR count). The molecule has 0 radical (unpaired) electrons. The van der Waals surface area contributed by atoms with Gasteiger partial charge >= 0.3 is 11.9 Å². The third-order valence-corrected chi connectivity index (χ3v) is 3.58. The topological polar surface area (TPSA) is 102 Å². The van der Waals surface area contributed by atoms with Crippen LogP contribution in [0.5, 0.6) is 0 Å². The van der Waals surface area contributed by atoms with Crippen LogP contribution in [0.4, 0.5) is 0 Å². The van der Waals surface area contributed by atoms with E-state index in [1.165, 1.54) is 6.92 Å². The minimum Gasteiger partial charge on any atom is -0.463 e. The van der Waals surface area contributed by atoms with Gasteiger partial charge < -0.3 is 19.9 Å². The molecule has 0 heterocycles. The molecule has 0 aromatic rings. The number of hydrogen-bond acceptors (Lipinski definition) is 6. The van der Waals surface area contributed by atoms with Crippen LogP contribution in [0.25, 0.3) is 0 Å². The molecule has 0 aliphatic heterocycles. The van der Waals surface area contributed by atoms with Crippen LogP contribution in [0.15, 0.2) is 12.2 Å². The summed E-state index contributed by atoms with van der Waals surface area (Å²) in [4.78, 5) is 32.4. The number of rotatable bonds is 9. The van der Waals surface area contributed by atoms with E-state index in [9.17, 15) is 14.4 Å². The molecule has 0 spiro atoms. The molecule has 0 saturated heterocycles. The Morgan fingerprint density at radius 1 is 0.853 bits per heavy atom. The summed E-state index contributed by atoms with van der Waals surface area (Å²) in [6.07, 6.45) is 2.51. The molecule has 0 aromatic heterocycles. The summed E-state index contributed by atoms with van der Waals surface area (Å²) >= 11 is 0. The minimum absolute atomic E-state index is 0. The fourth-order valence-electron chi connectivity index (χ4n) is 1.17. The van der Waals surface area contributed by atoms with Gasteiger partial charge in [0.1, 0.15) is 6.61 Å². The van der Waals surface area contributed by atoms with Gasteiger partial charge in [-0.25, -0.2) is 4.79 Å². The predicted molar refractivity (Wildman–Crippen MR) is 152 cm³/mol. The number of carbonyl (C=O) groups excluding carboxylic acids is 3. The summed E-state index contributed by atoms with van der Waals surface area (Å²) in [5.74, 6) is -0.627. The molecule has 0 fully saturated rings. The van der Waals surface area contributed by atoms with Crippen LogP contribution >= 0.6 is 0 Å². The zero-order valence-electron chi connectivity index (χ0n) is 19.0. The molecule has 0 bridgehead atoms. The number of carbonyl (C=O) groups is 3. The van der Waals surface area contributed by atoms with Gasteiger partial charge in [-0.05, 0) is 40.0 Å². The Morgan fingerprint density at radius 3 is 1.50 bits per heavy atom. The molecular formula is C27H65NO6. The highest BCUT2D eigenvalue weighted by atomic mass is 16.5. The normalized spacial score (nSPS) is 10.4. The van der Waals surface area contributed by atoms with Crippen molar-refractivity contribution < 1.29 is 29.0 Å². The van der Waals surface area contributed by atoms with Crippen molar-refractivity contribution in [3.63, 3.8) is 0 Å². The number of aliphatic hydroxyl groups is 1. The van der Waals surface area contributed by atoms with Crippen molar-refractivity contribution in [1.82, 2.24) is 5.32 Å². The fraction of sp³-hybridized carbons (Fsp3) is 0.815. The number of esters is 2. The average Bonchev–Trinajstić information content (AvgIpc) is 2.64. The van der Waals surface area contributed by atoms with Crippen molar-refractivity contribution in [3.05, 3.63) is 12.2 Å². The second-order valence-corrected chi connectivity index (χ2v) is 6.60. The molecule has 3 unspecified atom stereocenters. The molecule has 7 heteroatoms. The van der Waals surface area contributed by atoms with Gasteiger partial charge in [-0.3, -0.25) is 9.59 Å². The SMILES string of the molecule is C.C.C.C.C.C.C=C(C)C(=O)OCCNC(=O)C(C)CC.CCC(C)O.CCC(C)OC(C)=O. The second-order valence-electron chi connectivity index (χ2n) is 6.60. The number of nitrogens with one attached hydrogen (secondary N) is 1. The molecule has 0 aliphatic carbocycles. The highest BCUT2D eigenvalue weighted by Crippen LogP contribution is 1.99. The Kier molecular flexibility index (Phi) is 65.7. The highest BCUT2D eigenvalue weighted by molar-refractivity contribution is 5.86. The standard InChI is InChI=1S/C11H19NO3.C6H12O2.C4H10O.6CH4/c1-5-9(4)10(13)12-6-7-15-11(14)8(2)3;1-4-5(2)8-6(3)7;1-3-4(2)5;;;;;;/h9H,2,5-7H2,1,3-4H3,(H,12,13);5H,4H2,1-3H3;4-5H,3H2,1-2H3;6*1H4. The van der Waals surface area contributed by atoms with Gasteiger partial charge in [0.25, 0.3) is 0 Å². The maximum absolute atomic E-state index is 11.3. The Balaban J connectivity index is -0.0000000409. The first-order valence-electron chi connectivity index (χ1n) is 9.88. The van der Waals surface area contributed by atoms with Crippen LogP contribution in [0.1, 0.15) is 119 Å². The van der Waals surface area contributed by atoms with Gasteiger partial charge in [-0.1, -0.05) is 78.8 Å². The molecule has 2 N–H and O–H groups in total. The maximum atomic E-state index is 11.3. The lowest BCUT2D eigenvalue weighted by atomic mass is 10.1. The van der Waals surface area contributed by atoms with E-state index in [-0.39, 0.29) is 81.2 Å². The van der Waals surface area contributed by atoms with Crippen molar-refractivity contribution in [2.75, 3.05) is 13.2 Å². The van der Waals surface area contributed by atoms with E-state index in [0.717, 1.165) is 19.3 Å². The van der Waals surface area contributed by atoms with E-state index in [2.05, 4.69) is 11.9 Å². The smallest absolute Gasteiger partial charge is 0.333 e. The number of hydrogen-bond donors (Lipinski definition) is 2. The molecule has 0 aliphatic rings. The molecule has 0 aromatic carbocycles. The van der Waals surface area contributed by atoms with E-state index in [0.29, 0.717) is 12.1 Å². The summed E-state index contributed by atoms with van der Waals surface area (Å²) in [6, 6.07) is 0. The Bertz CT molecular complexity index is 450. The summed E-state index contributed by atoms with van der Waals surface area (Å²) in [5, 5.41) is 11.0. The summed E-state index contributed by atoms with van der Waals surface area (Å²) in [6.45, 7) is 18.4. The third kappa shape index (κ3) is 47.8. The Hall–Kier alpha value is -1.89. The second kappa shape index (κ2) is 38.4. The fourth-order valence-corrected chi connectivity index (χ4v) is 1.17. The zero-order chi connectivity index (χ0) is 22.7. The summed E-state index contributed by atoms with van der Waals surface area (Å²) in [5.41, 5.74) is 0.364. The summed E-state index contributed by atoms with van der Waals surface area (Å²) in [7, 11) is 0. The van der Waals surface area contributed by atoms with E-state index in [4.69, 9.17) is 14.6 Å².